The molecule has 20 heavy (non-hydrogen) atoms. The SMILES string of the molecule is CC(C)CNC(=O)[C@H](C)N1CCN(c2ncn[nH]2)CC1. The van der Waals surface area contributed by atoms with Crippen molar-refractivity contribution in [3.63, 3.8) is 0 Å². The van der Waals surface area contributed by atoms with Crippen LogP contribution in [0, 0.1) is 5.92 Å². The van der Waals surface area contributed by atoms with Crippen molar-refractivity contribution in [2.45, 2.75) is 26.8 Å². The highest BCUT2D eigenvalue weighted by Crippen LogP contribution is 2.11. The van der Waals surface area contributed by atoms with E-state index < -0.39 is 0 Å². The van der Waals surface area contributed by atoms with Gasteiger partial charge in [-0.3, -0.25) is 9.69 Å². The van der Waals surface area contributed by atoms with Gasteiger partial charge in [0.15, 0.2) is 0 Å². The highest BCUT2D eigenvalue weighted by Gasteiger charge is 2.26. The monoisotopic (exact) mass is 280 g/mol. The molecule has 7 nitrogen and oxygen atoms in total. The average molecular weight is 280 g/mol. The number of carbonyl (C=O) groups excluding carboxylic acids is 1. The van der Waals surface area contributed by atoms with Crippen molar-refractivity contribution in [3.05, 3.63) is 6.33 Å². The molecule has 0 unspecified atom stereocenters. The summed E-state index contributed by atoms with van der Waals surface area (Å²) >= 11 is 0. The van der Waals surface area contributed by atoms with E-state index in [4.69, 9.17) is 0 Å². The normalized spacial score (nSPS) is 18.3. The molecule has 2 heterocycles. The van der Waals surface area contributed by atoms with Crippen LogP contribution in [0.25, 0.3) is 0 Å². The summed E-state index contributed by atoms with van der Waals surface area (Å²) < 4.78 is 0. The summed E-state index contributed by atoms with van der Waals surface area (Å²) in [5.41, 5.74) is 0. The number of aromatic nitrogens is 3. The van der Waals surface area contributed by atoms with Crippen molar-refractivity contribution in [1.82, 2.24) is 25.4 Å². The van der Waals surface area contributed by atoms with Gasteiger partial charge in [-0.25, -0.2) is 5.10 Å². The fourth-order valence-electron chi connectivity index (χ4n) is 2.29. The average Bonchev–Trinajstić information content (AvgIpc) is 2.98. The molecule has 0 saturated carbocycles. The molecule has 2 N–H and O–H groups in total. The quantitative estimate of drug-likeness (QED) is 0.799. The Morgan fingerprint density at radius 1 is 1.35 bits per heavy atom. The molecule has 1 aliphatic heterocycles. The van der Waals surface area contributed by atoms with E-state index in [0.717, 1.165) is 38.7 Å². The summed E-state index contributed by atoms with van der Waals surface area (Å²) in [6.45, 7) is 10.3. The molecule has 1 aromatic heterocycles. The minimum atomic E-state index is -0.0781. The predicted octanol–water partition coefficient (Wildman–Crippen LogP) is 0.0874. The second-order valence-corrected chi connectivity index (χ2v) is 5.65. The Morgan fingerprint density at radius 3 is 2.60 bits per heavy atom. The zero-order valence-corrected chi connectivity index (χ0v) is 12.5. The number of carbonyl (C=O) groups is 1. The summed E-state index contributed by atoms with van der Waals surface area (Å²) in [5, 5.41) is 9.73. The number of hydrogen-bond acceptors (Lipinski definition) is 5. The second-order valence-electron chi connectivity index (χ2n) is 5.65. The van der Waals surface area contributed by atoms with E-state index in [1.54, 1.807) is 0 Å². The Labute approximate surface area is 119 Å². The van der Waals surface area contributed by atoms with Gasteiger partial charge in [0.2, 0.25) is 11.9 Å². The van der Waals surface area contributed by atoms with E-state index in [-0.39, 0.29) is 11.9 Å². The van der Waals surface area contributed by atoms with E-state index in [9.17, 15) is 4.79 Å². The van der Waals surface area contributed by atoms with Gasteiger partial charge >= 0.3 is 0 Å². The van der Waals surface area contributed by atoms with Gasteiger partial charge < -0.3 is 10.2 Å². The summed E-state index contributed by atoms with van der Waals surface area (Å²) in [6.07, 6.45) is 1.52. The maximum absolute atomic E-state index is 12.1. The molecule has 0 aromatic carbocycles. The molecular weight excluding hydrogens is 256 g/mol. The standard InChI is InChI=1S/C13H24N6O/c1-10(2)8-14-12(20)11(3)18-4-6-19(7-5-18)13-15-9-16-17-13/h9-11H,4-8H2,1-3H3,(H,14,20)(H,15,16,17)/t11-/m0/s1. The third-order valence-electron chi connectivity index (χ3n) is 3.63. The van der Waals surface area contributed by atoms with Gasteiger partial charge in [0.25, 0.3) is 0 Å². The third kappa shape index (κ3) is 3.69. The molecule has 1 saturated heterocycles. The molecule has 7 heteroatoms. The number of rotatable bonds is 5. The highest BCUT2D eigenvalue weighted by atomic mass is 16.2. The van der Waals surface area contributed by atoms with Gasteiger partial charge in [0, 0.05) is 32.7 Å². The Bertz CT molecular complexity index is 411. The van der Waals surface area contributed by atoms with Crippen molar-refractivity contribution in [3.8, 4) is 0 Å². The molecule has 0 aliphatic carbocycles. The smallest absolute Gasteiger partial charge is 0.237 e. The van der Waals surface area contributed by atoms with Gasteiger partial charge in [-0.1, -0.05) is 13.8 Å². The number of nitrogens with zero attached hydrogens (tertiary/aromatic N) is 4. The molecule has 1 amide bonds. The van der Waals surface area contributed by atoms with Crippen molar-refractivity contribution < 1.29 is 4.79 Å². The molecule has 1 fully saturated rings. The van der Waals surface area contributed by atoms with Crippen LogP contribution in [0.15, 0.2) is 6.33 Å². The molecule has 1 aromatic rings. The number of amides is 1. The van der Waals surface area contributed by atoms with Crippen LogP contribution >= 0.6 is 0 Å². The first-order chi connectivity index (χ1) is 9.58. The van der Waals surface area contributed by atoms with Crippen LogP contribution in [-0.4, -0.2) is 64.8 Å². The lowest BCUT2D eigenvalue weighted by atomic mass is 10.2. The van der Waals surface area contributed by atoms with Crippen LogP contribution in [0.4, 0.5) is 5.95 Å². The number of nitrogens with one attached hydrogen (secondary N) is 2. The first-order valence-corrected chi connectivity index (χ1v) is 7.20. The minimum absolute atomic E-state index is 0.0781. The topological polar surface area (TPSA) is 77.2 Å². The van der Waals surface area contributed by atoms with Crippen LogP contribution < -0.4 is 10.2 Å². The summed E-state index contributed by atoms with van der Waals surface area (Å²) in [7, 11) is 0. The lowest BCUT2D eigenvalue weighted by molar-refractivity contribution is -0.126. The number of aromatic amines is 1. The van der Waals surface area contributed by atoms with Crippen molar-refractivity contribution >= 4 is 11.9 Å². The lowest BCUT2D eigenvalue weighted by Crippen LogP contribution is -2.54. The molecule has 0 radical (unpaired) electrons. The Balaban J connectivity index is 1.79. The molecule has 2 rings (SSSR count). The molecule has 0 spiro atoms. The molecule has 1 atom stereocenters. The zero-order valence-electron chi connectivity index (χ0n) is 12.5. The van der Waals surface area contributed by atoms with Crippen molar-refractivity contribution in [1.29, 1.82) is 0 Å². The molecular formula is C13H24N6O. The predicted molar refractivity (Wildman–Crippen MR) is 77.5 cm³/mol. The third-order valence-corrected chi connectivity index (χ3v) is 3.63. The number of piperazine rings is 1. The Kier molecular flexibility index (Phi) is 4.94. The van der Waals surface area contributed by atoms with Crippen molar-refractivity contribution in [2.75, 3.05) is 37.6 Å². The van der Waals surface area contributed by atoms with Crippen LogP contribution in [0.5, 0.6) is 0 Å². The first kappa shape index (κ1) is 14.8. The van der Waals surface area contributed by atoms with Gasteiger partial charge in [-0.15, -0.1) is 0 Å². The number of H-pyrrole nitrogens is 1. The van der Waals surface area contributed by atoms with E-state index in [1.165, 1.54) is 6.33 Å². The second kappa shape index (κ2) is 6.69. The fourth-order valence-corrected chi connectivity index (χ4v) is 2.29. The first-order valence-electron chi connectivity index (χ1n) is 7.20. The Morgan fingerprint density at radius 2 is 2.05 bits per heavy atom. The molecule has 1 aliphatic rings. The lowest BCUT2D eigenvalue weighted by Gasteiger charge is -2.37. The zero-order chi connectivity index (χ0) is 14.5. The van der Waals surface area contributed by atoms with Gasteiger partial charge in [-0.05, 0) is 12.8 Å². The summed E-state index contributed by atoms with van der Waals surface area (Å²) in [4.78, 5) is 20.6. The largest absolute Gasteiger partial charge is 0.354 e. The minimum Gasteiger partial charge on any atom is -0.354 e. The van der Waals surface area contributed by atoms with Crippen LogP contribution in [0.2, 0.25) is 0 Å². The van der Waals surface area contributed by atoms with Gasteiger partial charge in [-0.2, -0.15) is 10.1 Å². The maximum Gasteiger partial charge on any atom is 0.237 e. The van der Waals surface area contributed by atoms with Gasteiger partial charge in [0.05, 0.1) is 6.04 Å². The van der Waals surface area contributed by atoms with Crippen LogP contribution in [0.1, 0.15) is 20.8 Å². The fraction of sp³-hybridized carbons (Fsp3) is 0.769. The Hall–Kier alpha value is -1.63. The highest BCUT2D eigenvalue weighted by molar-refractivity contribution is 5.81. The maximum atomic E-state index is 12.1. The van der Waals surface area contributed by atoms with Gasteiger partial charge in [0.1, 0.15) is 6.33 Å². The number of hydrogen-bond donors (Lipinski definition) is 2. The molecule has 112 valence electrons. The number of anilines is 1. The van der Waals surface area contributed by atoms with Crippen LogP contribution in [-0.2, 0) is 4.79 Å². The van der Waals surface area contributed by atoms with E-state index in [2.05, 4.69) is 44.1 Å². The van der Waals surface area contributed by atoms with Crippen LogP contribution in [0.3, 0.4) is 0 Å². The van der Waals surface area contributed by atoms with E-state index in [0.29, 0.717) is 5.92 Å². The summed E-state index contributed by atoms with van der Waals surface area (Å²) in [5.74, 6) is 1.41. The van der Waals surface area contributed by atoms with E-state index in [1.807, 2.05) is 6.92 Å². The molecule has 0 bridgehead atoms. The van der Waals surface area contributed by atoms with E-state index >= 15 is 0 Å². The summed E-state index contributed by atoms with van der Waals surface area (Å²) in [6, 6.07) is -0.0781. The van der Waals surface area contributed by atoms with Crippen molar-refractivity contribution in [2.24, 2.45) is 5.92 Å².